The minimum absolute atomic E-state index is 0.0413. The number of fused-ring (bicyclic) bond motifs is 5. The fourth-order valence-corrected chi connectivity index (χ4v) is 8.81. The number of carbonyl (C=O) groups is 2. The second kappa shape index (κ2) is 7.46. The van der Waals surface area contributed by atoms with Gasteiger partial charge in [0.25, 0.3) is 0 Å². The number of amides is 1. The molecule has 7 atom stereocenters. The largest absolute Gasteiger partial charge is 0.338 e. The van der Waals surface area contributed by atoms with E-state index in [1.165, 1.54) is 12.8 Å². The molecule has 5 aliphatic carbocycles. The molecule has 0 saturated heterocycles. The van der Waals surface area contributed by atoms with Crippen molar-refractivity contribution in [1.82, 2.24) is 5.32 Å². The topological polar surface area (TPSA) is 70.0 Å². The minimum atomic E-state index is -0.633. The monoisotopic (exact) mass is 422 g/mol. The maximum absolute atomic E-state index is 13.5. The van der Waals surface area contributed by atoms with E-state index in [0.717, 1.165) is 64.2 Å². The Hall–Kier alpha value is -1.63. The molecule has 31 heavy (non-hydrogen) atoms. The number of nitrogens with zero attached hydrogens (tertiary/aromatic N) is 1. The lowest BCUT2D eigenvalue weighted by molar-refractivity contribution is -0.136. The highest BCUT2D eigenvalue weighted by atomic mass is 16.2. The third-order valence-corrected chi connectivity index (χ3v) is 10.6. The van der Waals surface area contributed by atoms with Crippen LogP contribution in [0, 0.1) is 51.8 Å². The molecule has 4 saturated carbocycles. The summed E-state index contributed by atoms with van der Waals surface area (Å²) < 4.78 is 0. The van der Waals surface area contributed by atoms with Crippen LogP contribution in [0.4, 0.5) is 0 Å². The molecule has 4 fully saturated rings. The average molecular weight is 423 g/mol. The van der Waals surface area contributed by atoms with Crippen molar-refractivity contribution >= 4 is 11.7 Å². The number of allylic oxidation sites excluding steroid dienone is 2. The van der Waals surface area contributed by atoms with Gasteiger partial charge >= 0.3 is 0 Å². The molecule has 4 nitrogen and oxygen atoms in total. The summed E-state index contributed by atoms with van der Waals surface area (Å²) >= 11 is 0. The fraction of sp³-hybridized carbons (Fsp3) is 0.815. The maximum Gasteiger partial charge on any atom is 0.224 e. The summed E-state index contributed by atoms with van der Waals surface area (Å²) in [4.78, 5) is 25.5. The van der Waals surface area contributed by atoms with Crippen LogP contribution in [0.5, 0.6) is 0 Å². The lowest BCUT2D eigenvalue weighted by Gasteiger charge is -2.58. The van der Waals surface area contributed by atoms with Crippen LogP contribution in [-0.4, -0.2) is 17.2 Å². The van der Waals surface area contributed by atoms with Crippen molar-refractivity contribution in [2.24, 2.45) is 40.4 Å². The molecule has 0 spiro atoms. The van der Waals surface area contributed by atoms with Gasteiger partial charge in [-0.2, -0.15) is 5.26 Å². The van der Waals surface area contributed by atoms with E-state index in [1.54, 1.807) is 0 Å². The molecular formula is C27H38N2O2. The van der Waals surface area contributed by atoms with Gasteiger partial charge in [-0.05, 0) is 91.9 Å². The smallest absolute Gasteiger partial charge is 0.224 e. The molecule has 0 aromatic heterocycles. The van der Waals surface area contributed by atoms with Gasteiger partial charge < -0.3 is 5.32 Å². The van der Waals surface area contributed by atoms with Gasteiger partial charge in [0, 0.05) is 12.3 Å². The molecular weight excluding hydrogens is 384 g/mol. The second-order valence-electron chi connectivity index (χ2n) is 11.9. The van der Waals surface area contributed by atoms with E-state index in [2.05, 4.69) is 31.3 Å². The van der Waals surface area contributed by atoms with Crippen LogP contribution in [0.1, 0.15) is 90.9 Å². The molecule has 5 rings (SSSR count). The van der Waals surface area contributed by atoms with Crippen molar-refractivity contribution in [3.8, 4) is 6.07 Å². The van der Waals surface area contributed by atoms with E-state index in [0.29, 0.717) is 29.5 Å². The van der Waals surface area contributed by atoms with Crippen LogP contribution in [0.15, 0.2) is 12.2 Å². The minimum Gasteiger partial charge on any atom is -0.338 e. The summed E-state index contributed by atoms with van der Waals surface area (Å²) in [6, 6.07) is 2.47. The van der Waals surface area contributed by atoms with E-state index in [4.69, 9.17) is 0 Å². The Kier molecular flexibility index (Phi) is 5.11. The lowest BCUT2D eigenvalue weighted by Crippen LogP contribution is -2.55. The molecule has 0 aliphatic heterocycles. The van der Waals surface area contributed by atoms with Crippen LogP contribution in [0.25, 0.3) is 0 Å². The zero-order valence-corrected chi connectivity index (χ0v) is 19.3. The standard InChI is InChI=1S/C27H38N2O2/c1-25-14-10-19(30)16-18(25)6-7-20-21-8-9-23(26(21,2)15-11-22(20)25)24(31)29-27(17-28)12-4-3-5-13-27/h10,14,18,20-23H,3-9,11-13,15-16H2,1-2H3,(H,29,31)/t18?,20-,21-,22+,23?,25-,26-/m0/s1. The molecule has 0 radical (unpaired) electrons. The first-order valence-electron chi connectivity index (χ1n) is 12.8. The molecule has 0 bridgehead atoms. The molecule has 1 amide bonds. The van der Waals surface area contributed by atoms with Crippen LogP contribution in [0.3, 0.4) is 0 Å². The quantitative estimate of drug-likeness (QED) is 0.653. The van der Waals surface area contributed by atoms with E-state index in [1.807, 2.05) is 6.08 Å². The second-order valence-corrected chi connectivity index (χ2v) is 11.9. The molecule has 0 aromatic rings. The highest BCUT2D eigenvalue weighted by molar-refractivity contribution is 5.91. The summed E-state index contributed by atoms with van der Waals surface area (Å²) in [5.74, 6) is 2.88. The Morgan fingerprint density at radius 3 is 2.55 bits per heavy atom. The Morgan fingerprint density at radius 1 is 1.03 bits per heavy atom. The summed E-state index contributed by atoms with van der Waals surface area (Å²) in [6.07, 6.45) is 16.4. The van der Waals surface area contributed by atoms with Gasteiger partial charge in [-0.1, -0.05) is 39.2 Å². The molecule has 4 heteroatoms. The molecule has 1 N–H and O–H groups in total. The van der Waals surface area contributed by atoms with Crippen LogP contribution in [-0.2, 0) is 9.59 Å². The van der Waals surface area contributed by atoms with Crippen molar-refractivity contribution in [1.29, 1.82) is 5.26 Å². The van der Waals surface area contributed by atoms with Crippen molar-refractivity contribution in [2.45, 2.75) is 96.4 Å². The average Bonchev–Trinajstić information content (AvgIpc) is 3.12. The maximum atomic E-state index is 13.5. The van der Waals surface area contributed by atoms with Gasteiger partial charge in [0.15, 0.2) is 5.78 Å². The van der Waals surface area contributed by atoms with Gasteiger partial charge in [-0.15, -0.1) is 0 Å². The Bertz CT molecular complexity index is 835. The number of hydrogen-bond acceptors (Lipinski definition) is 3. The molecule has 2 unspecified atom stereocenters. The molecule has 0 heterocycles. The third-order valence-electron chi connectivity index (χ3n) is 10.6. The number of ketones is 1. The Labute approximate surface area is 187 Å². The number of rotatable bonds is 2. The first kappa shape index (κ1) is 21.2. The van der Waals surface area contributed by atoms with Crippen LogP contribution in [0.2, 0.25) is 0 Å². The number of nitriles is 1. The SMILES string of the molecule is C[C@]12C=CC(=O)CC1CC[C@@H]1[C@H]2CC[C@]2(C)C(C(=O)NC3(C#N)CCCCC3)CC[C@@H]12. The van der Waals surface area contributed by atoms with E-state index < -0.39 is 5.54 Å². The predicted molar refractivity (Wildman–Crippen MR) is 120 cm³/mol. The van der Waals surface area contributed by atoms with E-state index in [9.17, 15) is 14.9 Å². The summed E-state index contributed by atoms with van der Waals surface area (Å²) in [7, 11) is 0. The van der Waals surface area contributed by atoms with E-state index >= 15 is 0 Å². The molecule has 5 aliphatic rings. The predicted octanol–water partition coefficient (Wildman–Crippen LogP) is 5.33. The van der Waals surface area contributed by atoms with Gasteiger partial charge in [0.05, 0.1) is 6.07 Å². The fourth-order valence-electron chi connectivity index (χ4n) is 8.81. The highest BCUT2D eigenvalue weighted by Crippen LogP contribution is 2.66. The van der Waals surface area contributed by atoms with Crippen molar-refractivity contribution in [2.75, 3.05) is 0 Å². The molecule has 0 aromatic carbocycles. The first-order valence-corrected chi connectivity index (χ1v) is 12.8. The van der Waals surface area contributed by atoms with Crippen LogP contribution < -0.4 is 5.32 Å². The van der Waals surface area contributed by atoms with Gasteiger partial charge in [0.1, 0.15) is 5.54 Å². The first-order chi connectivity index (χ1) is 14.8. The van der Waals surface area contributed by atoms with Gasteiger partial charge in [-0.25, -0.2) is 0 Å². The normalized spacial score (nSPS) is 45.7. The Balaban J connectivity index is 1.35. The van der Waals surface area contributed by atoms with Gasteiger partial charge in [-0.3, -0.25) is 9.59 Å². The summed E-state index contributed by atoms with van der Waals surface area (Å²) in [5, 5.41) is 13.1. The van der Waals surface area contributed by atoms with Crippen LogP contribution >= 0.6 is 0 Å². The highest BCUT2D eigenvalue weighted by Gasteiger charge is 2.61. The number of hydrogen-bond donors (Lipinski definition) is 1. The number of nitrogens with one attached hydrogen (secondary N) is 1. The summed E-state index contributed by atoms with van der Waals surface area (Å²) in [5.41, 5.74) is -0.439. The molecule has 168 valence electrons. The van der Waals surface area contributed by atoms with Gasteiger partial charge in [0.2, 0.25) is 5.91 Å². The zero-order valence-electron chi connectivity index (χ0n) is 19.3. The van der Waals surface area contributed by atoms with E-state index in [-0.39, 0.29) is 22.7 Å². The number of carbonyl (C=O) groups excluding carboxylic acids is 2. The van der Waals surface area contributed by atoms with Crippen molar-refractivity contribution in [3.05, 3.63) is 12.2 Å². The van der Waals surface area contributed by atoms with Crippen molar-refractivity contribution in [3.63, 3.8) is 0 Å². The Morgan fingerprint density at radius 2 is 1.81 bits per heavy atom. The zero-order chi connectivity index (χ0) is 21.9. The third kappa shape index (κ3) is 3.21. The summed E-state index contributed by atoms with van der Waals surface area (Å²) in [6.45, 7) is 4.78. The van der Waals surface area contributed by atoms with Crippen molar-refractivity contribution < 1.29 is 9.59 Å². The lowest BCUT2D eigenvalue weighted by atomic mass is 9.46.